The van der Waals surface area contributed by atoms with Gasteiger partial charge in [0.1, 0.15) is 13.2 Å². The van der Waals surface area contributed by atoms with Gasteiger partial charge in [-0.25, -0.2) is 0 Å². The van der Waals surface area contributed by atoms with E-state index in [9.17, 15) is 4.79 Å². The van der Waals surface area contributed by atoms with Crippen LogP contribution < -0.4 is 9.47 Å². The number of hydrogen-bond donors (Lipinski definition) is 0. The molecule has 158 valence electrons. The van der Waals surface area contributed by atoms with Crippen LogP contribution in [0.2, 0.25) is 0 Å². The Bertz CT molecular complexity index is 1170. The maximum absolute atomic E-state index is 12.4. The van der Waals surface area contributed by atoms with Crippen molar-refractivity contribution >= 4 is 11.9 Å². The second-order valence-corrected chi connectivity index (χ2v) is 7.32. The number of carbonyl (C=O) groups excluding carboxylic acids is 1. The molecule has 4 rings (SSSR count). The summed E-state index contributed by atoms with van der Waals surface area (Å²) in [6.45, 7) is 0.878. The Hall–Kier alpha value is -4.11. The fourth-order valence-corrected chi connectivity index (χ4v) is 3.20. The number of hydrogen-bond acceptors (Lipinski definition) is 3. The monoisotopic (exact) mass is 420 g/mol. The van der Waals surface area contributed by atoms with Crippen molar-refractivity contribution in [3.63, 3.8) is 0 Å². The van der Waals surface area contributed by atoms with Crippen molar-refractivity contribution in [1.29, 1.82) is 0 Å². The first-order valence-corrected chi connectivity index (χ1v) is 10.5. The molecule has 32 heavy (non-hydrogen) atoms. The molecule has 4 aromatic carbocycles. The summed E-state index contributed by atoms with van der Waals surface area (Å²) in [4.78, 5) is 12.4. The van der Waals surface area contributed by atoms with E-state index in [-0.39, 0.29) is 5.78 Å². The van der Waals surface area contributed by atoms with Gasteiger partial charge in [0.05, 0.1) is 0 Å². The average Bonchev–Trinajstić information content (AvgIpc) is 2.87. The molecule has 0 bridgehead atoms. The highest BCUT2D eigenvalue weighted by molar-refractivity contribution is 6.06. The van der Waals surface area contributed by atoms with Crippen LogP contribution in [0.1, 0.15) is 27.0 Å². The lowest BCUT2D eigenvalue weighted by atomic mass is 10.1. The van der Waals surface area contributed by atoms with Gasteiger partial charge in [-0.15, -0.1) is 0 Å². The van der Waals surface area contributed by atoms with Gasteiger partial charge in [-0.1, -0.05) is 103 Å². The van der Waals surface area contributed by atoms with Gasteiger partial charge in [0, 0.05) is 5.56 Å². The van der Waals surface area contributed by atoms with Crippen LogP contribution in [0.3, 0.4) is 0 Å². The van der Waals surface area contributed by atoms with Gasteiger partial charge in [0.15, 0.2) is 17.3 Å². The Kier molecular flexibility index (Phi) is 7.12. The third-order valence-electron chi connectivity index (χ3n) is 4.93. The highest BCUT2D eigenvalue weighted by Crippen LogP contribution is 2.30. The lowest BCUT2D eigenvalue weighted by molar-refractivity contribution is 0.104. The fourth-order valence-electron chi connectivity index (χ4n) is 3.20. The normalized spacial score (nSPS) is 10.8. The molecule has 0 N–H and O–H groups in total. The number of ketones is 1. The number of allylic oxidation sites excluding steroid dienone is 1. The van der Waals surface area contributed by atoms with Gasteiger partial charge >= 0.3 is 0 Å². The highest BCUT2D eigenvalue weighted by Gasteiger charge is 2.08. The maximum Gasteiger partial charge on any atom is 0.185 e. The van der Waals surface area contributed by atoms with Gasteiger partial charge in [-0.05, 0) is 34.9 Å². The first-order valence-electron chi connectivity index (χ1n) is 10.5. The van der Waals surface area contributed by atoms with Crippen LogP contribution in [0.15, 0.2) is 115 Å². The van der Waals surface area contributed by atoms with E-state index in [2.05, 4.69) is 0 Å². The summed E-state index contributed by atoms with van der Waals surface area (Å²) in [6, 6.07) is 34.9. The van der Waals surface area contributed by atoms with Gasteiger partial charge < -0.3 is 9.47 Å². The molecular formula is C29H24O3. The quantitative estimate of drug-likeness (QED) is 0.222. The zero-order chi connectivity index (χ0) is 22.0. The Balaban J connectivity index is 1.52. The number of carbonyl (C=O) groups is 1. The molecule has 0 heterocycles. The summed E-state index contributed by atoms with van der Waals surface area (Å²) in [7, 11) is 0. The largest absolute Gasteiger partial charge is 0.485 e. The van der Waals surface area contributed by atoms with Crippen LogP contribution in [0, 0.1) is 0 Å². The molecule has 0 aliphatic rings. The van der Waals surface area contributed by atoms with E-state index >= 15 is 0 Å². The molecule has 4 aromatic rings. The van der Waals surface area contributed by atoms with E-state index in [1.165, 1.54) is 0 Å². The van der Waals surface area contributed by atoms with Crippen LogP contribution in [-0.4, -0.2) is 5.78 Å². The maximum atomic E-state index is 12.4. The Labute approximate surface area is 188 Å². The van der Waals surface area contributed by atoms with E-state index in [0.29, 0.717) is 30.3 Å². The first kappa shape index (κ1) is 21.1. The summed E-state index contributed by atoms with van der Waals surface area (Å²) in [5, 5.41) is 0. The molecule has 3 nitrogen and oxygen atoms in total. The zero-order valence-electron chi connectivity index (χ0n) is 17.7. The van der Waals surface area contributed by atoms with Crippen molar-refractivity contribution in [2.24, 2.45) is 0 Å². The minimum Gasteiger partial charge on any atom is -0.485 e. The number of rotatable bonds is 9. The highest BCUT2D eigenvalue weighted by atomic mass is 16.5. The molecule has 0 saturated carbocycles. The lowest BCUT2D eigenvalue weighted by Gasteiger charge is -2.14. The molecule has 3 heteroatoms. The Morgan fingerprint density at radius 3 is 1.75 bits per heavy atom. The summed E-state index contributed by atoms with van der Waals surface area (Å²) >= 11 is 0. The summed E-state index contributed by atoms with van der Waals surface area (Å²) < 4.78 is 12.1. The van der Waals surface area contributed by atoms with E-state index < -0.39 is 0 Å². The van der Waals surface area contributed by atoms with Gasteiger partial charge in [0.2, 0.25) is 0 Å². The molecule has 0 aliphatic carbocycles. The molecule has 0 atom stereocenters. The van der Waals surface area contributed by atoms with Crippen LogP contribution in [-0.2, 0) is 13.2 Å². The van der Waals surface area contributed by atoms with E-state index in [0.717, 1.165) is 16.7 Å². The topological polar surface area (TPSA) is 35.5 Å². The standard InChI is InChI=1S/C29H24O3/c30-27(26-14-8-3-9-15-26)18-16-23-17-19-28(31-21-24-10-4-1-5-11-24)29(20-23)32-22-25-12-6-2-7-13-25/h1-20H,21-22H2/b18-16+. The average molecular weight is 421 g/mol. The van der Waals surface area contributed by atoms with E-state index in [4.69, 9.17) is 9.47 Å². The summed E-state index contributed by atoms with van der Waals surface area (Å²) in [5.41, 5.74) is 3.68. The molecule has 0 fully saturated rings. The van der Waals surface area contributed by atoms with Gasteiger partial charge in [-0.3, -0.25) is 4.79 Å². The van der Waals surface area contributed by atoms with Crippen LogP contribution in [0.25, 0.3) is 6.08 Å². The van der Waals surface area contributed by atoms with Crippen molar-refractivity contribution in [3.8, 4) is 11.5 Å². The second-order valence-electron chi connectivity index (χ2n) is 7.32. The minimum absolute atomic E-state index is 0.0400. The number of ether oxygens (including phenoxy) is 2. The summed E-state index contributed by atoms with van der Waals surface area (Å²) in [6.07, 6.45) is 3.38. The first-order chi connectivity index (χ1) is 15.8. The molecule has 0 aliphatic heterocycles. The smallest absolute Gasteiger partial charge is 0.185 e. The van der Waals surface area contributed by atoms with Crippen molar-refractivity contribution < 1.29 is 14.3 Å². The van der Waals surface area contributed by atoms with Gasteiger partial charge in [-0.2, -0.15) is 0 Å². The SMILES string of the molecule is O=C(/C=C/c1ccc(OCc2ccccc2)c(OCc2ccccc2)c1)c1ccccc1. The molecular weight excluding hydrogens is 396 g/mol. The molecule has 0 amide bonds. The van der Waals surface area contributed by atoms with Crippen molar-refractivity contribution in [2.45, 2.75) is 13.2 Å². The molecule has 0 saturated heterocycles. The minimum atomic E-state index is -0.0400. The lowest BCUT2D eigenvalue weighted by Crippen LogP contribution is -2.01. The summed E-state index contributed by atoms with van der Waals surface area (Å²) in [5.74, 6) is 1.26. The van der Waals surface area contributed by atoms with Crippen LogP contribution >= 0.6 is 0 Å². The predicted molar refractivity (Wildman–Crippen MR) is 128 cm³/mol. The van der Waals surface area contributed by atoms with Crippen molar-refractivity contribution in [3.05, 3.63) is 138 Å². The zero-order valence-corrected chi connectivity index (χ0v) is 17.7. The molecule has 0 radical (unpaired) electrons. The van der Waals surface area contributed by atoms with Crippen LogP contribution in [0.4, 0.5) is 0 Å². The second kappa shape index (κ2) is 10.8. The third kappa shape index (κ3) is 5.96. The van der Waals surface area contributed by atoms with E-state index in [1.807, 2.05) is 109 Å². The molecule has 0 unspecified atom stereocenters. The van der Waals surface area contributed by atoms with E-state index in [1.54, 1.807) is 12.2 Å². The Morgan fingerprint density at radius 2 is 1.16 bits per heavy atom. The third-order valence-corrected chi connectivity index (χ3v) is 4.93. The number of benzene rings is 4. The molecule has 0 spiro atoms. The van der Waals surface area contributed by atoms with Gasteiger partial charge in [0.25, 0.3) is 0 Å². The van der Waals surface area contributed by atoms with Crippen molar-refractivity contribution in [1.82, 2.24) is 0 Å². The van der Waals surface area contributed by atoms with Crippen molar-refractivity contribution in [2.75, 3.05) is 0 Å². The fraction of sp³-hybridized carbons (Fsp3) is 0.0690. The van der Waals surface area contributed by atoms with Crippen LogP contribution in [0.5, 0.6) is 11.5 Å². The Morgan fingerprint density at radius 1 is 0.625 bits per heavy atom. The predicted octanol–water partition coefficient (Wildman–Crippen LogP) is 6.74. The molecule has 0 aromatic heterocycles.